The zero-order valence-electron chi connectivity index (χ0n) is 13.7. The first kappa shape index (κ1) is 19.2. The van der Waals surface area contributed by atoms with Crippen LogP contribution in [0.5, 0.6) is 5.06 Å². The molecule has 11 heteroatoms. The Balaban J connectivity index is 2.07. The Bertz CT molecular complexity index is 1130. The van der Waals surface area contributed by atoms with Crippen LogP contribution in [0.3, 0.4) is 0 Å². The molecule has 0 unspecified atom stereocenters. The van der Waals surface area contributed by atoms with E-state index in [-0.39, 0.29) is 28.3 Å². The second kappa shape index (κ2) is 6.57. The molecular formula is C16H13F3N2O4S2. The molecule has 0 aliphatic rings. The Labute approximate surface area is 155 Å². The van der Waals surface area contributed by atoms with E-state index in [1.165, 1.54) is 19.1 Å². The molecule has 0 fully saturated rings. The van der Waals surface area contributed by atoms with Crippen LogP contribution in [0.4, 0.5) is 18.9 Å². The number of aromatic nitrogens is 1. The lowest BCUT2D eigenvalue weighted by molar-refractivity contribution is -0.134. The van der Waals surface area contributed by atoms with E-state index in [0.29, 0.717) is 11.5 Å². The van der Waals surface area contributed by atoms with Crippen molar-refractivity contribution in [1.29, 1.82) is 0 Å². The first-order valence-corrected chi connectivity index (χ1v) is 10.0. The maximum Gasteiger partial charge on any atom is 0.425 e. The number of thiophene rings is 1. The molecule has 144 valence electrons. The van der Waals surface area contributed by atoms with Gasteiger partial charge in [-0.2, -0.15) is 13.2 Å². The molecule has 0 aliphatic carbocycles. The Morgan fingerprint density at radius 3 is 2.52 bits per heavy atom. The monoisotopic (exact) mass is 418 g/mol. The summed E-state index contributed by atoms with van der Waals surface area (Å²) in [5, 5.41) is 11.6. The smallest absolute Gasteiger partial charge is 0.425 e. The zero-order chi connectivity index (χ0) is 20.0. The van der Waals surface area contributed by atoms with E-state index in [4.69, 9.17) is 0 Å². The summed E-state index contributed by atoms with van der Waals surface area (Å²) in [6.07, 6.45) is -4.68. The highest BCUT2D eigenvalue weighted by molar-refractivity contribution is 7.90. The van der Waals surface area contributed by atoms with Crippen molar-refractivity contribution in [1.82, 2.24) is 3.97 Å². The SMILES string of the molecule is CCS(=O)(=O)n1c(C(=O)Nc2cc(C(F)(F)F)sc2O)cc2ccccc21. The van der Waals surface area contributed by atoms with Crippen LogP contribution in [0, 0.1) is 0 Å². The maximum atomic E-state index is 12.8. The van der Waals surface area contributed by atoms with E-state index in [9.17, 15) is 31.5 Å². The van der Waals surface area contributed by atoms with Crippen LogP contribution < -0.4 is 5.32 Å². The molecule has 3 rings (SSSR count). The van der Waals surface area contributed by atoms with E-state index in [0.717, 1.165) is 3.97 Å². The summed E-state index contributed by atoms with van der Waals surface area (Å²) < 4.78 is 64.0. The summed E-state index contributed by atoms with van der Waals surface area (Å²) in [5.74, 6) is -1.24. The van der Waals surface area contributed by atoms with Crippen LogP contribution in [0.2, 0.25) is 0 Å². The van der Waals surface area contributed by atoms with Crippen LogP contribution in [0.15, 0.2) is 36.4 Å². The van der Waals surface area contributed by atoms with Crippen molar-refractivity contribution in [2.45, 2.75) is 13.1 Å². The van der Waals surface area contributed by atoms with Gasteiger partial charge in [-0.15, -0.1) is 0 Å². The van der Waals surface area contributed by atoms with Gasteiger partial charge in [0.15, 0.2) is 5.06 Å². The highest BCUT2D eigenvalue weighted by atomic mass is 32.2. The van der Waals surface area contributed by atoms with Gasteiger partial charge in [0.25, 0.3) is 5.91 Å². The predicted octanol–water partition coefficient (Wildman–Crippen LogP) is 3.88. The fourth-order valence-electron chi connectivity index (χ4n) is 2.51. The number of carbonyl (C=O) groups is 1. The molecule has 0 saturated heterocycles. The quantitative estimate of drug-likeness (QED) is 0.673. The average molecular weight is 418 g/mol. The number of nitrogens with one attached hydrogen (secondary N) is 1. The van der Waals surface area contributed by atoms with E-state index in [1.54, 1.807) is 18.2 Å². The van der Waals surface area contributed by atoms with E-state index < -0.39 is 37.7 Å². The minimum Gasteiger partial charge on any atom is -0.498 e. The molecule has 0 saturated carbocycles. The molecule has 0 bridgehead atoms. The summed E-state index contributed by atoms with van der Waals surface area (Å²) in [4.78, 5) is 11.5. The van der Waals surface area contributed by atoms with E-state index >= 15 is 0 Å². The van der Waals surface area contributed by atoms with Crippen LogP contribution in [-0.4, -0.2) is 29.2 Å². The Morgan fingerprint density at radius 2 is 1.93 bits per heavy atom. The second-order valence-electron chi connectivity index (χ2n) is 5.53. The van der Waals surface area contributed by atoms with Crippen LogP contribution >= 0.6 is 11.3 Å². The number of fused-ring (bicyclic) bond motifs is 1. The topological polar surface area (TPSA) is 88.4 Å². The zero-order valence-corrected chi connectivity index (χ0v) is 15.4. The lowest BCUT2D eigenvalue weighted by atomic mass is 10.2. The number of hydrogen-bond acceptors (Lipinski definition) is 5. The molecule has 3 aromatic rings. The lowest BCUT2D eigenvalue weighted by Crippen LogP contribution is -2.23. The number of amides is 1. The maximum absolute atomic E-state index is 12.8. The Kier molecular flexibility index (Phi) is 4.68. The van der Waals surface area contributed by atoms with Gasteiger partial charge in [-0.1, -0.05) is 29.5 Å². The molecule has 2 aromatic heterocycles. The van der Waals surface area contributed by atoms with E-state index in [2.05, 4.69) is 5.32 Å². The van der Waals surface area contributed by atoms with Gasteiger partial charge in [-0.25, -0.2) is 12.4 Å². The van der Waals surface area contributed by atoms with Gasteiger partial charge in [-0.05, 0) is 25.1 Å². The molecule has 27 heavy (non-hydrogen) atoms. The minimum atomic E-state index is -4.68. The number of nitrogens with zero attached hydrogens (tertiary/aromatic N) is 1. The largest absolute Gasteiger partial charge is 0.498 e. The van der Waals surface area contributed by atoms with Crippen LogP contribution in [0.25, 0.3) is 10.9 Å². The van der Waals surface area contributed by atoms with Crippen molar-refractivity contribution in [2.24, 2.45) is 0 Å². The van der Waals surface area contributed by atoms with Crippen molar-refractivity contribution in [2.75, 3.05) is 11.1 Å². The summed E-state index contributed by atoms with van der Waals surface area (Å²) >= 11 is 0.0685. The van der Waals surface area contributed by atoms with Gasteiger partial charge in [0, 0.05) is 5.39 Å². The third kappa shape index (κ3) is 3.52. The summed E-state index contributed by atoms with van der Waals surface area (Å²) in [6, 6.07) is 8.31. The predicted molar refractivity (Wildman–Crippen MR) is 95.7 cm³/mol. The standard InChI is InChI=1S/C16H13F3N2O4S2/c1-2-27(24,25)21-11-6-4-3-5-9(11)7-12(21)14(22)20-10-8-13(16(17,18)19)26-15(10)23/h3-8,23H,2H2,1H3,(H,20,22). The van der Waals surface area contributed by atoms with Crippen molar-refractivity contribution in [3.8, 4) is 5.06 Å². The third-order valence-electron chi connectivity index (χ3n) is 3.78. The fourth-order valence-corrected chi connectivity index (χ4v) is 4.39. The van der Waals surface area contributed by atoms with Crippen LogP contribution in [-0.2, 0) is 16.2 Å². The highest BCUT2D eigenvalue weighted by Gasteiger charge is 2.34. The average Bonchev–Trinajstić information content (AvgIpc) is 3.16. The fraction of sp³-hybridized carbons (Fsp3) is 0.188. The van der Waals surface area contributed by atoms with Crippen molar-refractivity contribution >= 4 is 43.9 Å². The van der Waals surface area contributed by atoms with Crippen molar-refractivity contribution in [3.05, 3.63) is 47.0 Å². The summed E-state index contributed by atoms with van der Waals surface area (Å²) in [7, 11) is -3.86. The Morgan fingerprint density at radius 1 is 1.26 bits per heavy atom. The molecule has 1 amide bonds. The first-order valence-electron chi connectivity index (χ1n) is 7.59. The molecule has 0 aliphatic heterocycles. The number of para-hydroxylation sites is 1. The molecule has 6 nitrogen and oxygen atoms in total. The molecule has 0 atom stereocenters. The number of alkyl halides is 3. The van der Waals surface area contributed by atoms with Gasteiger partial charge >= 0.3 is 6.18 Å². The number of halogens is 3. The van der Waals surface area contributed by atoms with Gasteiger partial charge in [-0.3, -0.25) is 4.79 Å². The van der Waals surface area contributed by atoms with Crippen molar-refractivity contribution in [3.63, 3.8) is 0 Å². The molecule has 0 spiro atoms. The lowest BCUT2D eigenvalue weighted by Gasteiger charge is -2.10. The number of hydrogen-bond donors (Lipinski definition) is 2. The minimum absolute atomic E-state index is 0.0685. The molecule has 2 heterocycles. The number of anilines is 1. The number of rotatable bonds is 4. The third-order valence-corrected chi connectivity index (χ3v) is 6.44. The number of carbonyl (C=O) groups excluding carboxylic acids is 1. The number of aromatic hydroxyl groups is 1. The van der Waals surface area contributed by atoms with Gasteiger partial charge in [0.2, 0.25) is 10.0 Å². The van der Waals surface area contributed by atoms with E-state index in [1.807, 2.05) is 0 Å². The molecule has 2 N–H and O–H groups in total. The highest BCUT2D eigenvalue weighted by Crippen LogP contribution is 2.42. The van der Waals surface area contributed by atoms with Gasteiger partial charge < -0.3 is 10.4 Å². The van der Waals surface area contributed by atoms with Gasteiger partial charge in [0.1, 0.15) is 10.6 Å². The summed E-state index contributed by atoms with van der Waals surface area (Å²) in [5.41, 5.74) is -0.435. The molecular weight excluding hydrogens is 405 g/mol. The van der Waals surface area contributed by atoms with Gasteiger partial charge in [0.05, 0.1) is 17.0 Å². The number of benzene rings is 1. The second-order valence-corrected chi connectivity index (χ2v) is 8.67. The molecule has 0 radical (unpaired) electrons. The first-order chi connectivity index (χ1) is 12.5. The Hall–Kier alpha value is -2.53. The normalized spacial score (nSPS) is 12.4. The van der Waals surface area contributed by atoms with Crippen LogP contribution in [0.1, 0.15) is 22.3 Å². The molecule has 1 aromatic carbocycles. The summed E-state index contributed by atoms with van der Waals surface area (Å²) in [6.45, 7) is 1.41. The van der Waals surface area contributed by atoms with Crippen molar-refractivity contribution < 1.29 is 31.5 Å².